The molecule has 0 aliphatic carbocycles. The summed E-state index contributed by atoms with van der Waals surface area (Å²) in [4.78, 5) is 1.98. The van der Waals surface area contributed by atoms with Gasteiger partial charge in [0.15, 0.2) is 9.84 Å². The van der Waals surface area contributed by atoms with E-state index in [2.05, 4.69) is 0 Å². The molecule has 0 fully saturated rings. The highest BCUT2D eigenvalue weighted by atomic mass is 32.2. The first-order valence-electron chi connectivity index (χ1n) is 5.09. The first-order valence-corrected chi connectivity index (χ1v) is 6.58. The number of para-hydroxylation sites is 1. The van der Waals surface area contributed by atoms with Crippen molar-refractivity contribution in [3.8, 4) is 0 Å². The molecule has 5 heteroatoms. The number of benzene rings is 1. The molecule has 0 spiro atoms. The molecule has 0 aromatic heterocycles. The van der Waals surface area contributed by atoms with Gasteiger partial charge < -0.3 is 10.0 Å². The highest BCUT2D eigenvalue weighted by Crippen LogP contribution is 2.38. The first-order chi connectivity index (χ1) is 7.40. The smallest absolute Gasteiger partial charge is 0.187 e. The molecule has 88 valence electrons. The monoisotopic (exact) mass is 241 g/mol. The fraction of sp³-hybridized carbons (Fsp3) is 0.455. The summed E-state index contributed by atoms with van der Waals surface area (Å²) in [6.45, 7) is 3.50. The van der Waals surface area contributed by atoms with Gasteiger partial charge in [-0.1, -0.05) is 12.1 Å². The largest absolute Gasteiger partial charge is 0.376 e. The van der Waals surface area contributed by atoms with Crippen molar-refractivity contribution in [1.82, 2.24) is 0 Å². The van der Waals surface area contributed by atoms with Crippen molar-refractivity contribution in [2.45, 2.75) is 23.5 Å². The van der Waals surface area contributed by atoms with E-state index in [4.69, 9.17) is 0 Å². The van der Waals surface area contributed by atoms with Gasteiger partial charge in [-0.2, -0.15) is 0 Å². The van der Waals surface area contributed by atoms with Crippen LogP contribution in [0.15, 0.2) is 29.2 Å². The molecule has 0 bridgehead atoms. The van der Waals surface area contributed by atoms with Crippen molar-refractivity contribution in [1.29, 1.82) is 0 Å². The fourth-order valence-electron chi connectivity index (χ4n) is 2.00. The van der Waals surface area contributed by atoms with Crippen LogP contribution < -0.4 is 4.90 Å². The molecule has 0 saturated heterocycles. The van der Waals surface area contributed by atoms with Crippen LogP contribution in [-0.2, 0) is 9.84 Å². The summed E-state index contributed by atoms with van der Waals surface area (Å²) in [5.41, 5.74) is 0.587. The first kappa shape index (κ1) is 11.4. The highest BCUT2D eigenvalue weighted by molar-refractivity contribution is 7.93. The van der Waals surface area contributed by atoms with Gasteiger partial charge >= 0.3 is 0 Å². The zero-order chi connectivity index (χ0) is 12.0. The predicted octanol–water partition coefficient (Wildman–Crippen LogP) is 1.01. The SMILES string of the molecule is CC1(C)CN(CO)c2ccccc2S1(=O)=O. The van der Waals surface area contributed by atoms with Crippen molar-refractivity contribution in [3.63, 3.8) is 0 Å². The summed E-state index contributed by atoms with van der Waals surface area (Å²) in [7, 11) is -3.32. The normalized spacial score (nSPS) is 21.6. The number of aliphatic hydroxyl groups excluding tert-OH is 1. The Balaban J connectivity index is 2.70. The molecule has 0 unspecified atom stereocenters. The Bertz CT molecular complexity index is 508. The van der Waals surface area contributed by atoms with Gasteiger partial charge in [0.2, 0.25) is 0 Å². The molecule has 1 aromatic carbocycles. The summed E-state index contributed by atoms with van der Waals surface area (Å²) in [6, 6.07) is 6.79. The minimum Gasteiger partial charge on any atom is -0.376 e. The number of fused-ring (bicyclic) bond motifs is 1. The molecule has 2 rings (SSSR count). The summed E-state index contributed by atoms with van der Waals surface area (Å²) in [5.74, 6) is 0. The van der Waals surface area contributed by atoms with E-state index in [-0.39, 0.29) is 6.73 Å². The second-order valence-electron chi connectivity index (χ2n) is 4.57. The van der Waals surface area contributed by atoms with Gasteiger partial charge in [0.05, 0.1) is 15.3 Å². The topological polar surface area (TPSA) is 57.6 Å². The Morgan fingerprint density at radius 2 is 2.00 bits per heavy atom. The number of anilines is 1. The third kappa shape index (κ3) is 1.43. The zero-order valence-electron chi connectivity index (χ0n) is 9.34. The molecular weight excluding hydrogens is 226 g/mol. The number of hydrogen-bond donors (Lipinski definition) is 1. The Morgan fingerprint density at radius 1 is 1.38 bits per heavy atom. The lowest BCUT2D eigenvalue weighted by Crippen LogP contribution is -2.49. The molecule has 0 amide bonds. The van der Waals surface area contributed by atoms with Gasteiger partial charge in [0.1, 0.15) is 6.73 Å². The lowest BCUT2D eigenvalue weighted by Gasteiger charge is -2.38. The highest BCUT2D eigenvalue weighted by Gasteiger charge is 2.43. The molecule has 16 heavy (non-hydrogen) atoms. The Kier molecular flexibility index (Phi) is 2.47. The number of aliphatic hydroxyl groups is 1. The molecule has 0 radical (unpaired) electrons. The van der Waals surface area contributed by atoms with E-state index < -0.39 is 14.6 Å². The van der Waals surface area contributed by atoms with Crippen molar-refractivity contribution in [2.24, 2.45) is 0 Å². The standard InChI is InChI=1S/C11H15NO3S/c1-11(2)7-12(8-13)9-5-3-4-6-10(9)16(11,14)15/h3-6,13H,7-8H2,1-2H3. The molecule has 1 aromatic rings. The van der Waals surface area contributed by atoms with Crippen molar-refractivity contribution < 1.29 is 13.5 Å². The third-order valence-electron chi connectivity index (χ3n) is 2.97. The number of sulfone groups is 1. The lowest BCUT2D eigenvalue weighted by atomic mass is 10.1. The maximum absolute atomic E-state index is 12.3. The lowest BCUT2D eigenvalue weighted by molar-refractivity contribution is 0.284. The molecule has 1 aliphatic rings. The van der Waals surface area contributed by atoms with Gasteiger partial charge in [-0.25, -0.2) is 8.42 Å². The second kappa shape index (κ2) is 3.46. The van der Waals surface area contributed by atoms with E-state index in [1.807, 2.05) is 0 Å². The van der Waals surface area contributed by atoms with Crippen LogP contribution in [0.2, 0.25) is 0 Å². The summed E-state index contributed by atoms with van der Waals surface area (Å²) in [6.07, 6.45) is 0. The average Bonchev–Trinajstić information content (AvgIpc) is 2.24. The Morgan fingerprint density at radius 3 is 2.62 bits per heavy atom. The van der Waals surface area contributed by atoms with Crippen molar-refractivity contribution in [2.75, 3.05) is 18.2 Å². The van der Waals surface area contributed by atoms with Gasteiger partial charge in [-0.05, 0) is 26.0 Å². The molecule has 4 nitrogen and oxygen atoms in total. The number of nitrogens with zero attached hydrogens (tertiary/aromatic N) is 1. The van der Waals surface area contributed by atoms with Gasteiger partial charge in [0.25, 0.3) is 0 Å². The van der Waals surface area contributed by atoms with Crippen molar-refractivity contribution >= 4 is 15.5 Å². The fourth-order valence-corrected chi connectivity index (χ4v) is 3.65. The van der Waals surface area contributed by atoms with Crippen LogP contribution in [0.4, 0.5) is 5.69 Å². The Labute approximate surface area is 95.4 Å². The van der Waals surface area contributed by atoms with Crippen LogP contribution >= 0.6 is 0 Å². The van der Waals surface area contributed by atoms with E-state index in [0.717, 1.165) is 0 Å². The van der Waals surface area contributed by atoms with Gasteiger partial charge in [0, 0.05) is 6.54 Å². The van der Waals surface area contributed by atoms with E-state index in [0.29, 0.717) is 17.1 Å². The minimum atomic E-state index is -3.32. The molecular formula is C11H15NO3S. The molecule has 1 aliphatic heterocycles. The Hall–Kier alpha value is -1.07. The van der Waals surface area contributed by atoms with Crippen LogP contribution in [0, 0.1) is 0 Å². The van der Waals surface area contributed by atoms with E-state index in [1.165, 1.54) is 0 Å². The second-order valence-corrected chi connectivity index (χ2v) is 7.12. The van der Waals surface area contributed by atoms with Gasteiger partial charge in [-0.3, -0.25) is 0 Å². The van der Waals surface area contributed by atoms with Crippen LogP contribution in [0.5, 0.6) is 0 Å². The predicted molar refractivity (Wildman–Crippen MR) is 62.1 cm³/mol. The average molecular weight is 241 g/mol. The maximum Gasteiger partial charge on any atom is 0.187 e. The molecule has 0 atom stereocenters. The maximum atomic E-state index is 12.3. The quantitative estimate of drug-likeness (QED) is 0.797. The van der Waals surface area contributed by atoms with Crippen LogP contribution in [0.1, 0.15) is 13.8 Å². The molecule has 1 N–H and O–H groups in total. The third-order valence-corrected chi connectivity index (χ3v) is 5.47. The van der Waals surface area contributed by atoms with E-state index in [1.54, 1.807) is 43.0 Å². The zero-order valence-corrected chi connectivity index (χ0v) is 10.2. The van der Waals surface area contributed by atoms with Crippen LogP contribution in [0.3, 0.4) is 0 Å². The van der Waals surface area contributed by atoms with Crippen molar-refractivity contribution in [3.05, 3.63) is 24.3 Å². The summed E-state index contributed by atoms with van der Waals surface area (Å²) in [5, 5.41) is 9.27. The summed E-state index contributed by atoms with van der Waals surface area (Å²) >= 11 is 0. The van der Waals surface area contributed by atoms with E-state index >= 15 is 0 Å². The van der Waals surface area contributed by atoms with Gasteiger partial charge in [-0.15, -0.1) is 0 Å². The number of rotatable bonds is 1. The van der Waals surface area contributed by atoms with Crippen LogP contribution in [0.25, 0.3) is 0 Å². The minimum absolute atomic E-state index is 0.171. The van der Waals surface area contributed by atoms with E-state index in [9.17, 15) is 13.5 Å². The summed E-state index contributed by atoms with van der Waals surface area (Å²) < 4.78 is 23.7. The molecule has 1 heterocycles. The molecule has 0 saturated carbocycles. The number of hydrogen-bond acceptors (Lipinski definition) is 4. The van der Waals surface area contributed by atoms with Crippen LogP contribution in [-0.4, -0.2) is 31.5 Å².